The van der Waals surface area contributed by atoms with Crippen LogP contribution in [0.3, 0.4) is 0 Å². The molecular weight excluding hydrogens is 383 g/mol. The van der Waals surface area contributed by atoms with E-state index in [1.165, 1.54) is 0 Å². The molecule has 6 heteroatoms. The van der Waals surface area contributed by atoms with Crippen molar-refractivity contribution < 1.29 is 26.9 Å². The van der Waals surface area contributed by atoms with Crippen molar-refractivity contribution in [1.82, 2.24) is 0 Å². The lowest BCUT2D eigenvalue weighted by atomic mass is 10.2. The van der Waals surface area contributed by atoms with Crippen LogP contribution in [0.5, 0.6) is 11.5 Å². The van der Waals surface area contributed by atoms with Crippen LogP contribution in [0.15, 0.2) is 72.8 Å². The van der Waals surface area contributed by atoms with Gasteiger partial charge >= 0.3 is 0 Å². The smallest absolute Gasteiger partial charge is 0.285 e. The predicted octanol–water partition coefficient (Wildman–Crippen LogP) is 0.632. The van der Waals surface area contributed by atoms with Crippen LogP contribution >= 0.6 is 11.6 Å². The third-order valence-corrected chi connectivity index (χ3v) is 4.10. The van der Waals surface area contributed by atoms with Gasteiger partial charge in [0.25, 0.3) is 5.84 Å². The quantitative estimate of drug-likeness (QED) is 0.486. The van der Waals surface area contributed by atoms with Crippen LogP contribution in [0.2, 0.25) is 5.02 Å². The first-order chi connectivity index (χ1) is 12.7. The van der Waals surface area contributed by atoms with Gasteiger partial charge in [0.1, 0.15) is 22.9 Å². The number of rotatable bonds is 5. The van der Waals surface area contributed by atoms with Crippen LogP contribution in [-0.2, 0) is 0 Å². The van der Waals surface area contributed by atoms with E-state index in [2.05, 4.69) is 10.3 Å². The topological polar surface area (TPSA) is 44.5 Å². The van der Waals surface area contributed by atoms with Gasteiger partial charge in [0.05, 0.1) is 19.8 Å². The lowest BCUT2D eigenvalue weighted by Crippen LogP contribution is -3.00. The average Bonchev–Trinajstić information content (AvgIpc) is 2.69. The van der Waals surface area contributed by atoms with Crippen molar-refractivity contribution in [3.05, 3.63) is 83.4 Å². The standard InChI is InChI=1S/C21H19ClN2O2.ClH/c1-25-19-11-7-17(8-12-19)23-21(15-3-5-16(22)6-4-15)24-18-9-13-20(26-2)14-10-18;/h3-14H,1-2H3,(H,23,24);1H. The molecule has 3 rings (SSSR count). The van der Waals surface area contributed by atoms with Crippen molar-refractivity contribution in [3.8, 4) is 11.5 Å². The zero-order chi connectivity index (χ0) is 18.4. The highest BCUT2D eigenvalue weighted by atomic mass is 35.5. The molecule has 0 radical (unpaired) electrons. The van der Waals surface area contributed by atoms with E-state index >= 15 is 0 Å². The highest BCUT2D eigenvalue weighted by Gasteiger charge is 2.12. The first kappa shape index (κ1) is 20.6. The monoisotopic (exact) mass is 402 g/mol. The van der Waals surface area contributed by atoms with E-state index in [4.69, 9.17) is 21.1 Å². The minimum atomic E-state index is 0. The predicted molar refractivity (Wildman–Crippen MR) is 106 cm³/mol. The second kappa shape index (κ2) is 9.86. The molecule has 0 fully saturated rings. The van der Waals surface area contributed by atoms with E-state index in [0.29, 0.717) is 5.02 Å². The molecule has 140 valence electrons. The van der Waals surface area contributed by atoms with Gasteiger partial charge in [-0.1, -0.05) is 11.6 Å². The van der Waals surface area contributed by atoms with E-state index < -0.39 is 0 Å². The SMILES string of the molecule is COc1ccc(NC(=[NH+]c2ccc(OC)cc2)c2ccc(Cl)cc2)cc1.[Cl-]. The second-order valence-electron chi connectivity index (χ2n) is 5.59. The van der Waals surface area contributed by atoms with Crippen molar-refractivity contribution in [2.24, 2.45) is 0 Å². The summed E-state index contributed by atoms with van der Waals surface area (Å²) < 4.78 is 10.4. The summed E-state index contributed by atoms with van der Waals surface area (Å²) in [6.45, 7) is 0. The van der Waals surface area contributed by atoms with Gasteiger partial charge in [-0.05, 0) is 72.8 Å². The molecule has 0 aliphatic carbocycles. The molecule has 2 N–H and O–H groups in total. The van der Waals surface area contributed by atoms with Gasteiger partial charge < -0.3 is 21.9 Å². The maximum absolute atomic E-state index is 6.03. The Balaban J connectivity index is 0.00000261. The summed E-state index contributed by atoms with van der Waals surface area (Å²) in [5.41, 5.74) is 2.87. The minimum absolute atomic E-state index is 0. The fourth-order valence-electron chi connectivity index (χ4n) is 2.43. The van der Waals surface area contributed by atoms with Crippen molar-refractivity contribution in [2.75, 3.05) is 19.5 Å². The Labute approximate surface area is 170 Å². The molecule has 0 saturated carbocycles. The molecule has 0 saturated heterocycles. The van der Waals surface area contributed by atoms with Crippen molar-refractivity contribution >= 4 is 28.8 Å². The molecule has 0 heterocycles. The van der Waals surface area contributed by atoms with E-state index in [1.807, 2.05) is 72.8 Å². The summed E-state index contributed by atoms with van der Waals surface area (Å²) in [5, 5.41) is 4.12. The largest absolute Gasteiger partial charge is 1.00 e. The fourth-order valence-corrected chi connectivity index (χ4v) is 2.56. The van der Waals surface area contributed by atoms with Gasteiger partial charge in [0, 0.05) is 5.02 Å². The molecule has 0 unspecified atom stereocenters. The summed E-state index contributed by atoms with van der Waals surface area (Å²) in [6.07, 6.45) is 0. The second-order valence-corrected chi connectivity index (χ2v) is 6.03. The van der Waals surface area contributed by atoms with Crippen molar-refractivity contribution in [1.29, 1.82) is 0 Å². The summed E-state index contributed by atoms with van der Waals surface area (Å²) in [5.74, 6) is 2.47. The first-order valence-corrected chi connectivity index (χ1v) is 8.51. The number of hydrogen-bond acceptors (Lipinski definition) is 2. The minimum Gasteiger partial charge on any atom is -1.00 e. The zero-order valence-corrected chi connectivity index (χ0v) is 16.5. The molecule has 0 aromatic heterocycles. The molecule has 0 bridgehead atoms. The van der Waals surface area contributed by atoms with Gasteiger partial charge in [-0.15, -0.1) is 0 Å². The van der Waals surface area contributed by atoms with E-state index in [1.54, 1.807) is 14.2 Å². The third kappa shape index (κ3) is 5.64. The first-order valence-electron chi connectivity index (χ1n) is 8.13. The third-order valence-electron chi connectivity index (χ3n) is 3.85. The molecular formula is C21H20Cl2N2O2. The lowest BCUT2D eigenvalue weighted by Gasteiger charge is -2.06. The number of anilines is 1. The van der Waals surface area contributed by atoms with Crippen LogP contribution in [-0.4, -0.2) is 20.1 Å². The van der Waals surface area contributed by atoms with Gasteiger partial charge in [0.2, 0.25) is 0 Å². The highest BCUT2D eigenvalue weighted by molar-refractivity contribution is 6.30. The molecule has 0 atom stereocenters. The Hall–Kier alpha value is -2.69. The number of hydrogen-bond donors (Lipinski definition) is 2. The molecule has 0 aliphatic heterocycles. The maximum Gasteiger partial charge on any atom is 0.285 e. The molecule has 3 aromatic carbocycles. The zero-order valence-electron chi connectivity index (χ0n) is 15.0. The van der Waals surface area contributed by atoms with E-state index in [-0.39, 0.29) is 12.4 Å². The molecule has 3 aromatic rings. The Morgan fingerprint density at radius 1 is 0.778 bits per heavy atom. The van der Waals surface area contributed by atoms with Gasteiger partial charge in [0.15, 0.2) is 0 Å². The number of ether oxygens (including phenoxy) is 2. The van der Waals surface area contributed by atoms with Gasteiger partial charge in [-0.3, -0.25) is 0 Å². The van der Waals surface area contributed by atoms with Crippen molar-refractivity contribution in [2.45, 2.75) is 0 Å². The van der Waals surface area contributed by atoms with Crippen molar-refractivity contribution in [3.63, 3.8) is 0 Å². The number of methoxy groups -OCH3 is 2. The van der Waals surface area contributed by atoms with Crippen LogP contribution in [0.4, 0.5) is 11.4 Å². The fraction of sp³-hybridized carbons (Fsp3) is 0.0952. The van der Waals surface area contributed by atoms with E-state index in [9.17, 15) is 0 Å². The van der Waals surface area contributed by atoms with Crippen LogP contribution in [0.25, 0.3) is 0 Å². The molecule has 27 heavy (non-hydrogen) atoms. The van der Waals surface area contributed by atoms with Crippen LogP contribution < -0.4 is 32.2 Å². The Bertz CT molecular complexity index is 878. The number of amidine groups is 1. The Morgan fingerprint density at radius 2 is 1.30 bits per heavy atom. The normalized spacial score (nSPS) is 10.7. The van der Waals surface area contributed by atoms with Gasteiger partial charge in [-0.25, -0.2) is 10.3 Å². The Kier molecular flexibility index (Phi) is 7.53. The molecule has 0 spiro atoms. The number of halogens is 2. The summed E-state index contributed by atoms with van der Waals surface area (Å²) in [7, 11) is 3.30. The molecule has 0 amide bonds. The summed E-state index contributed by atoms with van der Waals surface area (Å²) in [4.78, 5) is 3.42. The number of benzene rings is 3. The van der Waals surface area contributed by atoms with Crippen LogP contribution in [0.1, 0.15) is 5.56 Å². The molecule has 4 nitrogen and oxygen atoms in total. The highest BCUT2D eigenvalue weighted by Crippen LogP contribution is 2.17. The van der Waals surface area contributed by atoms with E-state index in [0.717, 1.165) is 34.3 Å². The summed E-state index contributed by atoms with van der Waals surface area (Å²) >= 11 is 6.03. The summed E-state index contributed by atoms with van der Waals surface area (Å²) in [6, 6.07) is 23.2. The average molecular weight is 403 g/mol. The maximum atomic E-state index is 6.03. The lowest BCUT2D eigenvalue weighted by molar-refractivity contribution is -0.353. The Morgan fingerprint density at radius 3 is 1.81 bits per heavy atom. The van der Waals surface area contributed by atoms with Gasteiger partial charge in [-0.2, -0.15) is 0 Å². The van der Waals surface area contributed by atoms with Crippen LogP contribution in [0, 0.1) is 0 Å². The molecule has 0 aliphatic rings. The number of nitrogens with one attached hydrogen (secondary N) is 2.